The average Bonchev–Trinajstić information content (AvgIpc) is 2.30. The molecule has 2 nitrogen and oxygen atoms in total. The number of aliphatic hydroxyl groups excluding tert-OH is 1. The lowest BCUT2D eigenvalue weighted by molar-refractivity contribution is 0.164. The summed E-state index contributed by atoms with van der Waals surface area (Å²) in [6.07, 6.45) is 4.02. The molecule has 0 aliphatic carbocycles. The van der Waals surface area contributed by atoms with Crippen molar-refractivity contribution in [2.24, 2.45) is 0 Å². The molecule has 0 spiro atoms. The molecule has 0 saturated heterocycles. The molecule has 0 saturated carbocycles. The van der Waals surface area contributed by atoms with Gasteiger partial charge in [-0.05, 0) is 43.0 Å². The molecule has 3 heteroatoms. The van der Waals surface area contributed by atoms with Crippen LogP contribution in [0.3, 0.4) is 0 Å². The third-order valence-electron chi connectivity index (χ3n) is 2.45. The first kappa shape index (κ1) is 13.3. The molecule has 0 radical (unpaired) electrons. The standard InChI is InChI=1S/C13H17BrO2/c1-3-4-5-6-13(15)11-9-10(16-2)7-8-12(11)14/h3,7-9,13,15H,1,4-6H2,2H3. The van der Waals surface area contributed by atoms with Gasteiger partial charge in [0.25, 0.3) is 0 Å². The topological polar surface area (TPSA) is 29.5 Å². The normalized spacial score (nSPS) is 12.2. The molecule has 0 fully saturated rings. The minimum Gasteiger partial charge on any atom is -0.497 e. The van der Waals surface area contributed by atoms with Crippen molar-refractivity contribution in [3.63, 3.8) is 0 Å². The fourth-order valence-electron chi connectivity index (χ4n) is 1.52. The number of methoxy groups -OCH3 is 1. The highest BCUT2D eigenvalue weighted by atomic mass is 79.9. The van der Waals surface area contributed by atoms with Crippen molar-refractivity contribution in [3.8, 4) is 5.75 Å². The van der Waals surface area contributed by atoms with E-state index in [1.54, 1.807) is 7.11 Å². The third-order valence-corrected chi connectivity index (χ3v) is 3.17. The maximum absolute atomic E-state index is 10.0. The van der Waals surface area contributed by atoms with E-state index in [0.717, 1.165) is 35.0 Å². The van der Waals surface area contributed by atoms with Crippen molar-refractivity contribution in [1.29, 1.82) is 0 Å². The first-order valence-electron chi connectivity index (χ1n) is 5.31. The molecular formula is C13H17BrO2. The Bertz CT molecular complexity index is 350. The number of hydrogen-bond donors (Lipinski definition) is 1. The summed E-state index contributed by atoms with van der Waals surface area (Å²) < 4.78 is 6.05. The minimum absolute atomic E-state index is 0.454. The number of hydrogen-bond acceptors (Lipinski definition) is 2. The van der Waals surface area contributed by atoms with Gasteiger partial charge in [-0.25, -0.2) is 0 Å². The monoisotopic (exact) mass is 284 g/mol. The highest BCUT2D eigenvalue weighted by Gasteiger charge is 2.11. The van der Waals surface area contributed by atoms with Crippen LogP contribution in [0.2, 0.25) is 0 Å². The summed E-state index contributed by atoms with van der Waals surface area (Å²) in [6, 6.07) is 5.62. The van der Waals surface area contributed by atoms with Gasteiger partial charge in [-0.1, -0.05) is 22.0 Å². The van der Waals surface area contributed by atoms with Crippen molar-refractivity contribution in [2.45, 2.75) is 25.4 Å². The van der Waals surface area contributed by atoms with Gasteiger partial charge in [-0.2, -0.15) is 0 Å². The summed E-state index contributed by atoms with van der Waals surface area (Å²) >= 11 is 3.43. The zero-order valence-electron chi connectivity index (χ0n) is 9.45. The van der Waals surface area contributed by atoms with Crippen molar-refractivity contribution in [1.82, 2.24) is 0 Å². The lowest BCUT2D eigenvalue weighted by atomic mass is 10.0. The highest BCUT2D eigenvalue weighted by molar-refractivity contribution is 9.10. The second kappa shape index (κ2) is 6.71. The molecule has 1 rings (SSSR count). The van der Waals surface area contributed by atoms with Crippen molar-refractivity contribution in [2.75, 3.05) is 7.11 Å². The van der Waals surface area contributed by atoms with E-state index >= 15 is 0 Å². The van der Waals surface area contributed by atoms with Crippen molar-refractivity contribution < 1.29 is 9.84 Å². The number of ether oxygens (including phenoxy) is 1. The second-order valence-electron chi connectivity index (χ2n) is 3.62. The fraction of sp³-hybridized carbons (Fsp3) is 0.385. The Balaban J connectivity index is 2.72. The van der Waals surface area contributed by atoms with Crippen LogP contribution in [-0.2, 0) is 0 Å². The van der Waals surface area contributed by atoms with Crippen LogP contribution < -0.4 is 4.74 Å². The summed E-state index contributed by atoms with van der Waals surface area (Å²) in [5.41, 5.74) is 0.878. The van der Waals surface area contributed by atoms with Crippen LogP contribution in [0, 0.1) is 0 Å². The van der Waals surface area contributed by atoms with Gasteiger partial charge in [0.05, 0.1) is 13.2 Å². The predicted molar refractivity (Wildman–Crippen MR) is 69.7 cm³/mol. The minimum atomic E-state index is -0.454. The lowest BCUT2D eigenvalue weighted by Gasteiger charge is -2.13. The smallest absolute Gasteiger partial charge is 0.119 e. The Kier molecular flexibility index (Phi) is 5.56. The van der Waals surface area contributed by atoms with E-state index < -0.39 is 6.10 Å². The predicted octanol–water partition coefficient (Wildman–Crippen LogP) is 3.85. The maximum Gasteiger partial charge on any atom is 0.119 e. The van der Waals surface area contributed by atoms with E-state index in [1.807, 2.05) is 24.3 Å². The number of allylic oxidation sites excluding steroid dienone is 1. The molecule has 1 aromatic carbocycles. The third kappa shape index (κ3) is 3.65. The summed E-state index contributed by atoms with van der Waals surface area (Å²) in [5.74, 6) is 0.765. The Hall–Kier alpha value is -0.800. The molecule has 1 unspecified atom stereocenters. The van der Waals surface area contributed by atoms with Crippen LogP contribution in [0.4, 0.5) is 0 Å². The SMILES string of the molecule is C=CCCCC(O)c1cc(OC)ccc1Br. The molecule has 0 heterocycles. The van der Waals surface area contributed by atoms with Gasteiger partial charge < -0.3 is 9.84 Å². The molecular weight excluding hydrogens is 268 g/mol. The molecule has 1 aromatic rings. The zero-order valence-corrected chi connectivity index (χ0v) is 11.0. The van der Waals surface area contributed by atoms with Gasteiger partial charge in [-0.3, -0.25) is 0 Å². The Morgan fingerprint density at radius 3 is 2.94 bits per heavy atom. The molecule has 88 valence electrons. The average molecular weight is 285 g/mol. The van der Waals surface area contributed by atoms with Gasteiger partial charge in [-0.15, -0.1) is 6.58 Å². The van der Waals surface area contributed by atoms with Crippen LogP contribution in [0.25, 0.3) is 0 Å². The number of benzene rings is 1. The van der Waals surface area contributed by atoms with E-state index in [-0.39, 0.29) is 0 Å². The largest absolute Gasteiger partial charge is 0.497 e. The second-order valence-corrected chi connectivity index (χ2v) is 4.48. The first-order chi connectivity index (χ1) is 7.69. The van der Waals surface area contributed by atoms with Crippen molar-refractivity contribution >= 4 is 15.9 Å². The Morgan fingerprint density at radius 1 is 1.56 bits per heavy atom. The lowest BCUT2D eigenvalue weighted by Crippen LogP contribution is -1.99. The highest BCUT2D eigenvalue weighted by Crippen LogP contribution is 2.30. The van der Waals surface area contributed by atoms with Gasteiger partial charge in [0.2, 0.25) is 0 Å². The van der Waals surface area contributed by atoms with E-state index in [1.165, 1.54) is 0 Å². The van der Waals surface area contributed by atoms with E-state index in [2.05, 4.69) is 22.5 Å². The van der Waals surface area contributed by atoms with Gasteiger partial charge in [0, 0.05) is 4.47 Å². The summed E-state index contributed by atoms with van der Waals surface area (Å²) in [4.78, 5) is 0. The Morgan fingerprint density at radius 2 is 2.31 bits per heavy atom. The molecule has 1 atom stereocenters. The van der Waals surface area contributed by atoms with Gasteiger partial charge in [0.1, 0.15) is 5.75 Å². The summed E-state index contributed by atoms with van der Waals surface area (Å²) in [5, 5.41) is 10.0. The summed E-state index contributed by atoms with van der Waals surface area (Å²) in [7, 11) is 1.62. The van der Waals surface area contributed by atoms with Crippen LogP contribution in [0.5, 0.6) is 5.75 Å². The van der Waals surface area contributed by atoms with Crippen LogP contribution in [-0.4, -0.2) is 12.2 Å². The van der Waals surface area contributed by atoms with E-state index in [9.17, 15) is 5.11 Å². The number of halogens is 1. The molecule has 0 aliphatic heterocycles. The molecule has 0 aliphatic rings. The number of rotatable bonds is 6. The zero-order chi connectivity index (χ0) is 12.0. The molecule has 1 N–H and O–H groups in total. The molecule has 0 bridgehead atoms. The first-order valence-corrected chi connectivity index (χ1v) is 6.10. The van der Waals surface area contributed by atoms with Crippen LogP contribution in [0.15, 0.2) is 35.3 Å². The van der Waals surface area contributed by atoms with Gasteiger partial charge >= 0.3 is 0 Å². The van der Waals surface area contributed by atoms with E-state index in [4.69, 9.17) is 4.74 Å². The van der Waals surface area contributed by atoms with Crippen molar-refractivity contribution in [3.05, 3.63) is 40.9 Å². The molecule has 0 aromatic heterocycles. The quantitative estimate of drug-likeness (QED) is 0.635. The Labute approximate surface area is 105 Å². The van der Waals surface area contributed by atoms with Crippen LogP contribution in [0.1, 0.15) is 30.9 Å². The molecule has 16 heavy (non-hydrogen) atoms. The number of aliphatic hydroxyl groups is 1. The maximum atomic E-state index is 10.0. The summed E-state index contributed by atoms with van der Waals surface area (Å²) in [6.45, 7) is 3.66. The van der Waals surface area contributed by atoms with Crippen LogP contribution >= 0.6 is 15.9 Å². The number of unbranched alkanes of at least 4 members (excludes halogenated alkanes) is 1. The fourth-order valence-corrected chi connectivity index (χ4v) is 2.03. The molecule has 0 amide bonds. The van der Waals surface area contributed by atoms with Gasteiger partial charge in [0.15, 0.2) is 0 Å². The van der Waals surface area contributed by atoms with E-state index in [0.29, 0.717) is 0 Å².